The van der Waals surface area contributed by atoms with Gasteiger partial charge in [0.2, 0.25) is 0 Å². The smallest absolute Gasteiger partial charge is 0.305 e. The summed E-state index contributed by atoms with van der Waals surface area (Å²) >= 11 is 0. The minimum absolute atomic E-state index is 0.00647. The highest BCUT2D eigenvalue weighted by Gasteiger charge is 2.02. The van der Waals surface area contributed by atoms with E-state index in [1.54, 1.807) is 0 Å². The van der Waals surface area contributed by atoms with Gasteiger partial charge in [-0.05, 0) is 25.7 Å². The van der Waals surface area contributed by atoms with Crippen LogP contribution in [0.2, 0.25) is 0 Å². The largest absolute Gasteiger partial charge is 0.466 e. The van der Waals surface area contributed by atoms with Crippen molar-refractivity contribution in [3.05, 3.63) is 0 Å². The van der Waals surface area contributed by atoms with Crippen molar-refractivity contribution >= 4 is 11.9 Å². The summed E-state index contributed by atoms with van der Waals surface area (Å²) in [6.45, 7) is 10.1. The Hall–Kier alpha value is -1.06. The fraction of sp³-hybridized carbons (Fsp3) is 0.941. The van der Waals surface area contributed by atoms with Crippen molar-refractivity contribution in [1.82, 2.24) is 0 Å². The highest BCUT2D eigenvalue weighted by atomic mass is 16.5. The number of hydrogen-bond acceptors (Lipinski definition) is 4. The van der Waals surface area contributed by atoms with Gasteiger partial charge in [-0.3, -0.25) is 9.59 Å². The summed E-state index contributed by atoms with van der Waals surface area (Å²) in [5.41, 5.74) is 0. The van der Waals surface area contributed by atoms with Gasteiger partial charge < -0.3 is 9.47 Å². The van der Waals surface area contributed by atoms with Crippen molar-refractivity contribution in [3.63, 3.8) is 0 Å². The molecule has 0 rings (SSSR count). The van der Waals surface area contributed by atoms with Crippen LogP contribution in [0.3, 0.4) is 0 Å². The van der Waals surface area contributed by atoms with Gasteiger partial charge in [-0.15, -0.1) is 0 Å². The highest BCUT2D eigenvalue weighted by Crippen LogP contribution is 2.11. The summed E-state index contributed by atoms with van der Waals surface area (Å²) in [5, 5.41) is 0. The van der Waals surface area contributed by atoms with Crippen LogP contribution in [0.25, 0.3) is 0 Å². The van der Waals surface area contributed by atoms with E-state index in [9.17, 15) is 9.59 Å². The van der Waals surface area contributed by atoms with Crippen LogP contribution in [0.1, 0.15) is 195 Å². The molecule has 0 atom stereocenters. The fourth-order valence-electron chi connectivity index (χ4n) is 4.38. The number of carbonyl (C=O) groups is 2. The van der Waals surface area contributed by atoms with E-state index in [1.807, 2.05) is 0 Å². The first-order valence-electron chi connectivity index (χ1n) is 16.9. The van der Waals surface area contributed by atoms with E-state index < -0.39 is 0 Å². The summed E-state index contributed by atoms with van der Waals surface area (Å²) in [4.78, 5) is 22.7. The normalized spacial score (nSPS) is 10.6. The third-order valence-electron chi connectivity index (χ3n) is 6.99. The lowest BCUT2D eigenvalue weighted by atomic mass is 10.1. The predicted octanol–water partition coefficient (Wildman–Crippen LogP) is 11.3. The van der Waals surface area contributed by atoms with Crippen LogP contribution in [-0.4, -0.2) is 25.2 Å². The first-order valence-corrected chi connectivity index (χ1v) is 16.9. The van der Waals surface area contributed by atoms with Crippen LogP contribution in [-0.2, 0) is 19.1 Å². The Labute approximate surface area is 238 Å². The third-order valence-corrected chi connectivity index (χ3v) is 6.99. The summed E-state index contributed by atoms with van der Waals surface area (Å²) in [6.07, 6.45) is 31.2. The Balaban J connectivity index is 0. The van der Waals surface area contributed by atoms with Crippen LogP contribution in [0, 0.1) is 0 Å². The third kappa shape index (κ3) is 37.1. The minimum Gasteiger partial charge on any atom is -0.466 e. The molecule has 38 heavy (non-hydrogen) atoms. The topological polar surface area (TPSA) is 52.6 Å². The number of hydrogen-bond donors (Lipinski definition) is 0. The molecule has 0 aromatic carbocycles. The molecular formula is C34H68O4. The molecule has 0 amide bonds. The van der Waals surface area contributed by atoms with Crippen LogP contribution < -0.4 is 0 Å². The van der Waals surface area contributed by atoms with Gasteiger partial charge in [0.15, 0.2) is 0 Å². The number of ether oxygens (including phenoxy) is 2. The van der Waals surface area contributed by atoms with E-state index >= 15 is 0 Å². The molecule has 0 saturated carbocycles. The average Bonchev–Trinajstić information content (AvgIpc) is 2.91. The fourth-order valence-corrected chi connectivity index (χ4v) is 4.38. The lowest BCUT2D eigenvalue weighted by Crippen LogP contribution is -2.05. The summed E-state index contributed by atoms with van der Waals surface area (Å²) in [5.74, 6) is -0.0129. The molecule has 0 bridgehead atoms. The van der Waals surface area contributed by atoms with E-state index in [2.05, 4.69) is 27.7 Å². The van der Waals surface area contributed by atoms with Crippen LogP contribution in [0.15, 0.2) is 0 Å². The van der Waals surface area contributed by atoms with Crippen LogP contribution in [0.4, 0.5) is 0 Å². The van der Waals surface area contributed by atoms with Crippen LogP contribution in [0.5, 0.6) is 0 Å². The van der Waals surface area contributed by atoms with Gasteiger partial charge >= 0.3 is 11.9 Å². The van der Waals surface area contributed by atoms with Gasteiger partial charge in [-0.2, -0.15) is 0 Å². The molecule has 0 radical (unpaired) electrons. The maximum atomic E-state index is 11.3. The molecule has 0 heterocycles. The second-order valence-corrected chi connectivity index (χ2v) is 11.0. The maximum absolute atomic E-state index is 11.3. The van der Waals surface area contributed by atoms with Gasteiger partial charge in [-0.25, -0.2) is 0 Å². The quantitative estimate of drug-likeness (QED) is 0.0731. The van der Waals surface area contributed by atoms with Gasteiger partial charge in [0.05, 0.1) is 13.2 Å². The lowest BCUT2D eigenvalue weighted by molar-refractivity contribution is -0.144. The molecule has 0 aliphatic heterocycles. The number of unbranched alkanes of at least 4 members (excludes halogenated alkanes) is 20. The maximum Gasteiger partial charge on any atom is 0.305 e. The molecule has 0 aliphatic rings. The Morgan fingerprint density at radius 3 is 0.868 bits per heavy atom. The summed E-state index contributed by atoms with van der Waals surface area (Å²) < 4.78 is 10.4. The molecule has 4 nitrogen and oxygen atoms in total. The van der Waals surface area contributed by atoms with E-state index in [0.29, 0.717) is 26.1 Å². The first kappa shape index (κ1) is 39.1. The molecule has 0 aromatic heterocycles. The van der Waals surface area contributed by atoms with Crippen LogP contribution >= 0.6 is 0 Å². The van der Waals surface area contributed by atoms with Crippen molar-refractivity contribution in [2.75, 3.05) is 13.2 Å². The molecule has 0 saturated heterocycles. The van der Waals surface area contributed by atoms with E-state index in [0.717, 1.165) is 51.4 Å². The molecule has 228 valence electrons. The van der Waals surface area contributed by atoms with E-state index in [-0.39, 0.29) is 11.9 Å². The molecule has 0 fully saturated rings. The average molecular weight is 541 g/mol. The van der Waals surface area contributed by atoms with Crippen molar-refractivity contribution in [2.45, 2.75) is 195 Å². The highest BCUT2D eigenvalue weighted by molar-refractivity contribution is 5.69. The van der Waals surface area contributed by atoms with E-state index in [1.165, 1.54) is 103 Å². The van der Waals surface area contributed by atoms with Gasteiger partial charge in [-0.1, -0.05) is 156 Å². The first-order chi connectivity index (χ1) is 18.6. The number of rotatable bonds is 28. The van der Waals surface area contributed by atoms with Gasteiger partial charge in [0.1, 0.15) is 0 Å². The Kier molecular flexibility index (Phi) is 37.0. The zero-order valence-corrected chi connectivity index (χ0v) is 26.4. The summed E-state index contributed by atoms with van der Waals surface area (Å²) in [7, 11) is 0. The SMILES string of the molecule is CCCCCCCCCCCOC(=O)CCCCC.CCCCCCCCCCCOC(=O)CCCCC. The van der Waals surface area contributed by atoms with Gasteiger partial charge in [0.25, 0.3) is 0 Å². The zero-order valence-electron chi connectivity index (χ0n) is 26.4. The molecule has 0 unspecified atom stereocenters. The van der Waals surface area contributed by atoms with Gasteiger partial charge in [0, 0.05) is 12.8 Å². The van der Waals surface area contributed by atoms with Crippen molar-refractivity contribution in [1.29, 1.82) is 0 Å². The zero-order chi connectivity index (χ0) is 28.4. The Morgan fingerprint density at radius 1 is 0.342 bits per heavy atom. The molecule has 0 spiro atoms. The standard InChI is InChI=1S/2C17H34O2/c2*1-3-5-7-8-9-10-11-12-14-16-19-17(18)15-13-6-4-2/h2*3-16H2,1-2H3. The molecule has 0 aliphatic carbocycles. The summed E-state index contributed by atoms with van der Waals surface area (Å²) in [6, 6.07) is 0. The Morgan fingerprint density at radius 2 is 0.579 bits per heavy atom. The molecule has 0 aromatic rings. The minimum atomic E-state index is -0.00647. The lowest BCUT2D eigenvalue weighted by Gasteiger charge is -2.05. The number of carbonyl (C=O) groups excluding carboxylic acids is 2. The van der Waals surface area contributed by atoms with Crippen molar-refractivity contribution < 1.29 is 19.1 Å². The number of esters is 2. The second-order valence-electron chi connectivity index (χ2n) is 11.0. The van der Waals surface area contributed by atoms with E-state index in [4.69, 9.17) is 9.47 Å². The molecular weight excluding hydrogens is 472 g/mol. The van der Waals surface area contributed by atoms with Crippen molar-refractivity contribution in [3.8, 4) is 0 Å². The molecule has 0 N–H and O–H groups in total. The Bertz CT molecular complexity index is 421. The van der Waals surface area contributed by atoms with Crippen molar-refractivity contribution in [2.24, 2.45) is 0 Å². The monoisotopic (exact) mass is 541 g/mol. The predicted molar refractivity (Wildman–Crippen MR) is 165 cm³/mol. The molecule has 4 heteroatoms. The second kappa shape index (κ2) is 35.9.